The fourth-order valence-electron chi connectivity index (χ4n) is 1.53. The van der Waals surface area contributed by atoms with Crippen LogP contribution in [0, 0.1) is 0 Å². The smallest absolute Gasteiger partial charge is 0.0700 e. The minimum atomic E-state index is 0.400. The van der Waals surface area contributed by atoms with E-state index in [0.717, 1.165) is 38.2 Å². The summed E-state index contributed by atoms with van der Waals surface area (Å²) in [4.78, 5) is 2.36. The van der Waals surface area contributed by atoms with E-state index in [-0.39, 0.29) is 0 Å². The molecule has 0 bridgehead atoms. The van der Waals surface area contributed by atoms with Crippen molar-refractivity contribution in [2.24, 2.45) is 0 Å². The van der Waals surface area contributed by atoms with Crippen molar-refractivity contribution in [2.75, 3.05) is 32.1 Å². The van der Waals surface area contributed by atoms with Gasteiger partial charge in [-0.3, -0.25) is 4.90 Å². The molecule has 1 aliphatic heterocycles. The molecular weight excluding hydrogens is 186 g/mol. The maximum atomic E-state index is 5.68. The van der Waals surface area contributed by atoms with Gasteiger partial charge in [-0.2, -0.15) is 0 Å². The van der Waals surface area contributed by atoms with Gasteiger partial charge in [0.05, 0.1) is 12.7 Å². The molecule has 0 radical (unpaired) electrons. The van der Waals surface area contributed by atoms with Gasteiger partial charge >= 0.3 is 0 Å². The van der Waals surface area contributed by atoms with E-state index in [4.69, 9.17) is 16.3 Å². The van der Waals surface area contributed by atoms with Crippen molar-refractivity contribution >= 4 is 11.6 Å². The Morgan fingerprint density at radius 3 is 3.08 bits per heavy atom. The zero-order valence-electron chi connectivity index (χ0n) is 8.26. The molecule has 1 saturated heterocycles. The second kappa shape index (κ2) is 5.63. The van der Waals surface area contributed by atoms with Crippen molar-refractivity contribution in [1.82, 2.24) is 4.90 Å². The number of hydrogen-bond acceptors (Lipinski definition) is 2. The van der Waals surface area contributed by atoms with Crippen LogP contribution in [-0.4, -0.2) is 43.1 Å². The molecule has 0 amide bonds. The van der Waals surface area contributed by atoms with E-state index >= 15 is 0 Å². The Kier molecular flexibility index (Phi) is 4.78. The Morgan fingerprint density at radius 1 is 1.69 bits per heavy atom. The third kappa shape index (κ3) is 3.67. The second-order valence-electron chi connectivity index (χ2n) is 3.52. The molecule has 0 N–H and O–H groups in total. The predicted octanol–water partition coefficient (Wildman–Crippen LogP) is 1.89. The zero-order valence-corrected chi connectivity index (χ0v) is 9.02. The third-order valence-corrected chi connectivity index (χ3v) is 2.69. The average Bonchev–Trinajstić information content (AvgIpc) is 2.18. The average molecular weight is 204 g/mol. The van der Waals surface area contributed by atoms with Crippen LogP contribution < -0.4 is 0 Å². The van der Waals surface area contributed by atoms with Crippen LogP contribution in [0.1, 0.15) is 13.3 Å². The molecule has 0 aromatic carbocycles. The van der Waals surface area contributed by atoms with E-state index in [1.165, 1.54) is 0 Å². The van der Waals surface area contributed by atoms with Gasteiger partial charge in [-0.1, -0.05) is 13.5 Å². The van der Waals surface area contributed by atoms with Gasteiger partial charge in [-0.05, 0) is 12.0 Å². The Hall–Kier alpha value is -0.0500. The molecule has 1 rings (SSSR count). The first-order valence-corrected chi connectivity index (χ1v) is 5.36. The monoisotopic (exact) mass is 203 g/mol. The minimum Gasteiger partial charge on any atom is -0.376 e. The normalized spacial score (nSPS) is 24.6. The van der Waals surface area contributed by atoms with Gasteiger partial charge in [0.15, 0.2) is 0 Å². The van der Waals surface area contributed by atoms with Crippen LogP contribution in [0.4, 0.5) is 0 Å². The van der Waals surface area contributed by atoms with Gasteiger partial charge in [0.25, 0.3) is 0 Å². The lowest BCUT2D eigenvalue weighted by atomic mass is 10.2. The highest BCUT2D eigenvalue weighted by molar-refractivity contribution is 6.19. The van der Waals surface area contributed by atoms with E-state index < -0.39 is 0 Å². The van der Waals surface area contributed by atoms with E-state index in [0.29, 0.717) is 12.0 Å². The molecule has 1 atom stereocenters. The predicted molar refractivity (Wildman–Crippen MR) is 56.3 cm³/mol. The number of morpholine rings is 1. The summed E-state index contributed by atoms with van der Waals surface area (Å²) >= 11 is 5.68. The van der Waals surface area contributed by atoms with Crippen molar-refractivity contribution in [2.45, 2.75) is 19.4 Å². The third-order valence-electron chi connectivity index (χ3n) is 2.31. The SMILES string of the molecule is C=C(CCl)CN1CCOC(CC)C1. The van der Waals surface area contributed by atoms with Gasteiger partial charge < -0.3 is 4.74 Å². The van der Waals surface area contributed by atoms with Gasteiger partial charge in [-0.25, -0.2) is 0 Å². The van der Waals surface area contributed by atoms with E-state index in [1.54, 1.807) is 0 Å². The zero-order chi connectivity index (χ0) is 9.68. The Morgan fingerprint density at radius 2 is 2.46 bits per heavy atom. The van der Waals surface area contributed by atoms with E-state index in [1.807, 2.05) is 0 Å². The molecule has 0 aromatic heterocycles. The topological polar surface area (TPSA) is 12.5 Å². The molecule has 0 saturated carbocycles. The summed E-state index contributed by atoms with van der Waals surface area (Å²) in [6.07, 6.45) is 1.49. The Bertz CT molecular complexity index is 172. The summed E-state index contributed by atoms with van der Waals surface area (Å²) in [6, 6.07) is 0. The van der Waals surface area contributed by atoms with Crippen LogP contribution in [0.5, 0.6) is 0 Å². The van der Waals surface area contributed by atoms with Crippen LogP contribution in [-0.2, 0) is 4.74 Å². The molecule has 3 heteroatoms. The van der Waals surface area contributed by atoms with Crippen molar-refractivity contribution in [3.8, 4) is 0 Å². The van der Waals surface area contributed by atoms with Gasteiger partial charge in [0.2, 0.25) is 0 Å². The molecule has 1 aliphatic rings. The molecule has 2 nitrogen and oxygen atoms in total. The molecule has 1 fully saturated rings. The fourth-order valence-corrected chi connectivity index (χ4v) is 1.61. The lowest BCUT2D eigenvalue weighted by molar-refractivity contribution is -0.0264. The van der Waals surface area contributed by atoms with Crippen LogP contribution in [0.25, 0.3) is 0 Å². The van der Waals surface area contributed by atoms with Gasteiger partial charge in [0.1, 0.15) is 0 Å². The quantitative estimate of drug-likeness (QED) is 0.511. The molecule has 0 spiro atoms. The lowest BCUT2D eigenvalue weighted by Gasteiger charge is -2.32. The first kappa shape index (κ1) is 11.0. The second-order valence-corrected chi connectivity index (χ2v) is 3.79. The summed E-state index contributed by atoms with van der Waals surface area (Å²) in [5, 5.41) is 0. The molecule has 0 aromatic rings. The van der Waals surface area contributed by atoms with E-state index in [2.05, 4.69) is 18.4 Å². The van der Waals surface area contributed by atoms with Crippen LogP contribution in [0.2, 0.25) is 0 Å². The van der Waals surface area contributed by atoms with Crippen molar-refractivity contribution in [3.63, 3.8) is 0 Å². The number of ether oxygens (including phenoxy) is 1. The van der Waals surface area contributed by atoms with Gasteiger partial charge in [-0.15, -0.1) is 11.6 Å². The lowest BCUT2D eigenvalue weighted by Crippen LogP contribution is -2.42. The Balaban J connectivity index is 2.29. The maximum absolute atomic E-state index is 5.68. The highest BCUT2D eigenvalue weighted by Crippen LogP contribution is 2.09. The van der Waals surface area contributed by atoms with Crippen LogP contribution in [0.15, 0.2) is 12.2 Å². The number of halogens is 1. The highest BCUT2D eigenvalue weighted by atomic mass is 35.5. The summed E-state index contributed by atoms with van der Waals surface area (Å²) in [5.41, 5.74) is 1.10. The fraction of sp³-hybridized carbons (Fsp3) is 0.800. The first-order valence-electron chi connectivity index (χ1n) is 4.82. The standard InChI is InChI=1S/C10H18ClNO/c1-3-10-8-12(4-5-13-10)7-9(2)6-11/h10H,2-8H2,1H3. The molecule has 0 aliphatic carbocycles. The number of hydrogen-bond donors (Lipinski definition) is 0. The molecule has 13 heavy (non-hydrogen) atoms. The number of alkyl halides is 1. The van der Waals surface area contributed by atoms with Crippen molar-refractivity contribution in [1.29, 1.82) is 0 Å². The minimum absolute atomic E-state index is 0.400. The van der Waals surface area contributed by atoms with Crippen LogP contribution in [0.3, 0.4) is 0 Å². The van der Waals surface area contributed by atoms with Crippen LogP contribution >= 0.6 is 11.6 Å². The van der Waals surface area contributed by atoms with Gasteiger partial charge in [0, 0.05) is 25.5 Å². The van der Waals surface area contributed by atoms with Crippen molar-refractivity contribution < 1.29 is 4.74 Å². The Labute approximate surface area is 85.5 Å². The highest BCUT2D eigenvalue weighted by Gasteiger charge is 2.18. The molecule has 1 heterocycles. The summed E-state index contributed by atoms with van der Waals surface area (Å²) in [6.45, 7) is 9.85. The molecular formula is C10H18ClNO. The van der Waals surface area contributed by atoms with E-state index in [9.17, 15) is 0 Å². The number of nitrogens with zero attached hydrogens (tertiary/aromatic N) is 1. The number of rotatable bonds is 4. The largest absolute Gasteiger partial charge is 0.376 e. The molecule has 76 valence electrons. The summed E-state index contributed by atoms with van der Waals surface area (Å²) < 4.78 is 5.57. The summed E-state index contributed by atoms with van der Waals surface area (Å²) in [5.74, 6) is 0.564. The first-order chi connectivity index (χ1) is 6.26. The maximum Gasteiger partial charge on any atom is 0.0700 e. The van der Waals surface area contributed by atoms with Crippen molar-refractivity contribution in [3.05, 3.63) is 12.2 Å². The molecule has 1 unspecified atom stereocenters. The summed E-state index contributed by atoms with van der Waals surface area (Å²) in [7, 11) is 0.